The lowest BCUT2D eigenvalue weighted by Gasteiger charge is -2.25. The zero-order valence-corrected chi connectivity index (χ0v) is 10.4. The largest absolute Gasteiger partial charge is 0.465 e. The Hall–Kier alpha value is -1.55. The van der Waals surface area contributed by atoms with Crippen molar-refractivity contribution in [2.24, 2.45) is 5.41 Å². The summed E-state index contributed by atoms with van der Waals surface area (Å²) in [5.41, 5.74) is -0.238. The van der Waals surface area contributed by atoms with Gasteiger partial charge in [-0.3, -0.25) is 4.79 Å². The van der Waals surface area contributed by atoms with Gasteiger partial charge in [0.1, 0.15) is 5.76 Å². The van der Waals surface area contributed by atoms with E-state index < -0.39 is 6.10 Å². The third kappa shape index (κ3) is 4.87. The lowest BCUT2D eigenvalue weighted by Crippen LogP contribution is -2.38. The fourth-order valence-corrected chi connectivity index (χ4v) is 1.11. The van der Waals surface area contributed by atoms with E-state index >= 15 is 0 Å². The maximum absolute atomic E-state index is 11.4. The SMILES string of the molecule is CC(C)(C)C(O)CNC(=O)/C=C/c1ccco1. The van der Waals surface area contributed by atoms with Crippen LogP contribution in [0.25, 0.3) is 6.08 Å². The van der Waals surface area contributed by atoms with Crippen molar-refractivity contribution in [1.82, 2.24) is 5.32 Å². The first kappa shape index (κ1) is 13.5. The first-order chi connectivity index (χ1) is 7.89. The molecule has 1 aromatic heterocycles. The molecule has 0 aliphatic rings. The molecular weight excluding hydrogens is 218 g/mol. The van der Waals surface area contributed by atoms with Gasteiger partial charge in [-0.25, -0.2) is 0 Å². The maximum Gasteiger partial charge on any atom is 0.244 e. The molecule has 2 N–H and O–H groups in total. The van der Waals surface area contributed by atoms with Gasteiger partial charge in [-0.1, -0.05) is 20.8 Å². The Morgan fingerprint density at radius 1 is 1.59 bits per heavy atom. The minimum absolute atomic E-state index is 0.238. The molecule has 0 fully saturated rings. The Balaban J connectivity index is 2.36. The van der Waals surface area contributed by atoms with Crippen LogP contribution in [0, 0.1) is 5.41 Å². The number of hydrogen-bond donors (Lipinski definition) is 2. The highest BCUT2D eigenvalue weighted by molar-refractivity contribution is 5.91. The van der Waals surface area contributed by atoms with Gasteiger partial charge in [0.15, 0.2) is 0 Å². The maximum atomic E-state index is 11.4. The van der Waals surface area contributed by atoms with Crippen LogP contribution in [-0.4, -0.2) is 23.7 Å². The number of aliphatic hydroxyl groups excluding tert-OH is 1. The van der Waals surface area contributed by atoms with Gasteiger partial charge < -0.3 is 14.8 Å². The number of carbonyl (C=O) groups excluding carboxylic acids is 1. The Bertz CT molecular complexity index is 374. The molecule has 0 aliphatic carbocycles. The van der Waals surface area contributed by atoms with Gasteiger partial charge in [-0.05, 0) is 23.6 Å². The van der Waals surface area contributed by atoms with Gasteiger partial charge in [-0.15, -0.1) is 0 Å². The van der Waals surface area contributed by atoms with Gasteiger partial charge in [0.05, 0.1) is 12.4 Å². The molecule has 1 amide bonds. The summed E-state index contributed by atoms with van der Waals surface area (Å²) in [5.74, 6) is 0.376. The Kier molecular flexibility index (Phi) is 4.52. The second kappa shape index (κ2) is 5.68. The Labute approximate surface area is 101 Å². The molecule has 94 valence electrons. The summed E-state index contributed by atoms with van der Waals surface area (Å²) < 4.78 is 5.05. The van der Waals surface area contributed by atoms with E-state index in [1.165, 1.54) is 6.08 Å². The topological polar surface area (TPSA) is 62.5 Å². The van der Waals surface area contributed by atoms with Crippen LogP contribution < -0.4 is 5.32 Å². The molecule has 1 heterocycles. The van der Waals surface area contributed by atoms with Crippen LogP contribution >= 0.6 is 0 Å². The van der Waals surface area contributed by atoms with Crippen LogP contribution in [0.5, 0.6) is 0 Å². The van der Waals surface area contributed by atoms with E-state index in [4.69, 9.17) is 4.42 Å². The minimum atomic E-state index is -0.566. The summed E-state index contributed by atoms with van der Waals surface area (Å²) in [4.78, 5) is 11.4. The second-order valence-corrected chi connectivity index (χ2v) is 4.98. The third-order valence-corrected chi connectivity index (χ3v) is 2.41. The summed E-state index contributed by atoms with van der Waals surface area (Å²) in [6, 6.07) is 3.51. The minimum Gasteiger partial charge on any atom is -0.465 e. The molecule has 0 saturated heterocycles. The number of hydrogen-bond acceptors (Lipinski definition) is 3. The van der Waals surface area contributed by atoms with Crippen LogP contribution in [0.3, 0.4) is 0 Å². The van der Waals surface area contributed by atoms with Crippen LogP contribution in [-0.2, 0) is 4.79 Å². The fraction of sp³-hybridized carbons (Fsp3) is 0.462. The van der Waals surface area contributed by atoms with E-state index in [1.807, 2.05) is 20.8 Å². The average Bonchev–Trinajstić information content (AvgIpc) is 2.74. The zero-order chi connectivity index (χ0) is 12.9. The molecule has 17 heavy (non-hydrogen) atoms. The lowest BCUT2D eigenvalue weighted by molar-refractivity contribution is -0.117. The molecule has 0 spiro atoms. The molecule has 0 aliphatic heterocycles. The molecule has 0 aromatic carbocycles. The van der Waals surface area contributed by atoms with Crippen molar-refractivity contribution in [3.8, 4) is 0 Å². The van der Waals surface area contributed by atoms with E-state index in [-0.39, 0.29) is 17.9 Å². The molecule has 1 atom stereocenters. The van der Waals surface area contributed by atoms with Gasteiger partial charge in [-0.2, -0.15) is 0 Å². The predicted octanol–water partition coefficient (Wildman–Crippen LogP) is 1.82. The fourth-order valence-electron chi connectivity index (χ4n) is 1.11. The van der Waals surface area contributed by atoms with Crippen LogP contribution in [0.15, 0.2) is 28.9 Å². The summed E-state index contributed by atoms with van der Waals surface area (Å²) in [6.07, 6.45) is 3.94. The van der Waals surface area contributed by atoms with Crippen LogP contribution in [0.4, 0.5) is 0 Å². The number of carbonyl (C=O) groups is 1. The number of rotatable bonds is 4. The molecule has 4 nitrogen and oxygen atoms in total. The van der Waals surface area contributed by atoms with Gasteiger partial charge >= 0.3 is 0 Å². The number of nitrogens with one attached hydrogen (secondary N) is 1. The van der Waals surface area contributed by atoms with Crippen molar-refractivity contribution in [2.45, 2.75) is 26.9 Å². The molecule has 0 saturated carbocycles. The predicted molar refractivity (Wildman–Crippen MR) is 66.2 cm³/mol. The van der Waals surface area contributed by atoms with E-state index in [9.17, 15) is 9.90 Å². The first-order valence-electron chi connectivity index (χ1n) is 5.57. The molecule has 1 unspecified atom stereocenters. The van der Waals surface area contributed by atoms with Crippen molar-refractivity contribution < 1.29 is 14.3 Å². The summed E-state index contributed by atoms with van der Waals surface area (Å²) in [6.45, 7) is 6.00. The van der Waals surface area contributed by atoms with E-state index in [0.29, 0.717) is 5.76 Å². The highest BCUT2D eigenvalue weighted by Gasteiger charge is 2.21. The lowest BCUT2D eigenvalue weighted by atomic mass is 9.89. The second-order valence-electron chi connectivity index (χ2n) is 4.98. The smallest absolute Gasteiger partial charge is 0.244 e. The first-order valence-corrected chi connectivity index (χ1v) is 5.57. The zero-order valence-electron chi connectivity index (χ0n) is 10.4. The quantitative estimate of drug-likeness (QED) is 0.785. The molecular formula is C13H19NO3. The normalized spacial score (nSPS) is 13.9. The summed E-state index contributed by atoms with van der Waals surface area (Å²) >= 11 is 0. The van der Waals surface area contributed by atoms with Crippen LogP contribution in [0.1, 0.15) is 26.5 Å². The molecule has 1 aromatic rings. The Morgan fingerprint density at radius 3 is 2.82 bits per heavy atom. The van der Waals surface area contributed by atoms with Crippen molar-refractivity contribution >= 4 is 12.0 Å². The van der Waals surface area contributed by atoms with E-state index in [0.717, 1.165) is 0 Å². The standard InChI is InChI=1S/C13H19NO3/c1-13(2,3)11(15)9-14-12(16)7-6-10-5-4-8-17-10/h4-8,11,15H,9H2,1-3H3,(H,14,16)/b7-6+. The molecule has 1 rings (SSSR count). The monoisotopic (exact) mass is 237 g/mol. The highest BCUT2D eigenvalue weighted by atomic mass is 16.3. The molecule has 4 heteroatoms. The van der Waals surface area contributed by atoms with Gasteiger partial charge in [0.25, 0.3) is 0 Å². The summed E-state index contributed by atoms with van der Waals surface area (Å²) in [5, 5.41) is 12.4. The molecule has 0 bridgehead atoms. The van der Waals surface area contributed by atoms with Crippen molar-refractivity contribution in [2.75, 3.05) is 6.54 Å². The number of amides is 1. The summed E-state index contributed by atoms with van der Waals surface area (Å²) in [7, 11) is 0. The van der Waals surface area contributed by atoms with E-state index in [2.05, 4.69) is 5.32 Å². The third-order valence-electron chi connectivity index (χ3n) is 2.41. The highest BCUT2D eigenvalue weighted by Crippen LogP contribution is 2.17. The van der Waals surface area contributed by atoms with Crippen molar-refractivity contribution in [1.29, 1.82) is 0 Å². The Morgan fingerprint density at radius 2 is 2.29 bits per heavy atom. The van der Waals surface area contributed by atoms with Crippen molar-refractivity contribution in [3.05, 3.63) is 30.2 Å². The number of aliphatic hydroxyl groups is 1. The number of furan rings is 1. The van der Waals surface area contributed by atoms with Gasteiger partial charge in [0, 0.05) is 12.6 Å². The van der Waals surface area contributed by atoms with Crippen LogP contribution in [0.2, 0.25) is 0 Å². The van der Waals surface area contributed by atoms with E-state index in [1.54, 1.807) is 24.5 Å². The van der Waals surface area contributed by atoms with Gasteiger partial charge in [0.2, 0.25) is 5.91 Å². The molecule has 0 radical (unpaired) electrons. The van der Waals surface area contributed by atoms with Crippen molar-refractivity contribution in [3.63, 3.8) is 0 Å². The average molecular weight is 237 g/mol.